The average Bonchev–Trinajstić information content (AvgIpc) is 2.89. The summed E-state index contributed by atoms with van der Waals surface area (Å²) in [6.45, 7) is 1.85. The molecule has 112 valence electrons. The maximum Gasteiger partial charge on any atom is 0.251 e. The number of amides is 1. The smallest absolute Gasteiger partial charge is 0.251 e. The molecule has 3 rings (SSSR count). The van der Waals surface area contributed by atoms with Crippen LogP contribution in [0.2, 0.25) is 0 Å². The highest BCUT2D eigenvalue weighted by atomic mass is 35.5. The van der Waals surface area contributed by atoms with Gasteiger partial charge in [-0.2, -0.15) is 0 Å². The van der Waals surface area contributed by atoms with E-state index in [9.17, 15) is 9.90 Å². The highest BCUT2D eigenvalue weighted by molar-refractivity contribution is 6.06. The summed E-state index contributed by atoms with van der Waals surface area (Å²) in [7, 11) is 0. The highest BCUT2D eigenvalue weighted by Crippen LogP contribution is 2.18. The lowest BCUT2D eigenvalue weighted by atomic mass is 10.0. The Bertz CT molecular complexity index is 627. The van der Waals surface area contributed by atoms with Gasteiger partial charge in [-0.25, -0.2) is 0 Å². The Labute approximate surface area is 130 Å². The Morgan fingerprint density at radius 2 is 1.95 bits per heavy atom. The summed E-state index contributed by atoms with van der Waals surface area (Å²) in [4.78, 5) is 12.3. The Balaban J connectivity index is 0.00000161. The standard InChI is InChI=1S/C16H18N2O2.ClH/c19-15-10-17-8-12(15)9-18-16(20)14-7-3-5-11-4-1-2-6-13(11)14;/h1-7,12,15,17,19H,8-10H2,(H,18,20);1H. The second-order valence-electron chi connectivity index (χ2n) is 5.22. The van der Waals surface area contributed by atoms with E-state index < -0.39 is 0 Å². The minimum atomic E-state index is -0.372. The van der Waals surface area contributed by atoms with Gasteiger partial charge in [0, 0.05) is 31.1 Å². The molecule has 2 aromatic carbocycles. The quantitative estimate of drug-likeness (QED) is 0.807. The van der Waals surface area contributed by atoms with Crippen molar-refractivity contribution >= 4 is 29.1 Å². The number of fused-ring (bicyclic) bond motifs is 1. The molecule has 4 nitrogen and oxygen atoms in total. The molecule has 1 saturated heterocycles. The number of hydrogen-bond acceptors (Lipinski definition) is 3. The van der Waals surface area contributed by atoms with Crippen molar-refractivity contribution in [3.05, 3.63) is 48.0 Å². The SMILES string of the molecule is Cl.O=C(NCC1CNCC1O)c1cccc2ccccc12. The van der Waals surface area contributed by atoms with Gasteiger partial charge >= 0.3 is 0 Å². The molecule has 5 heteroatoms. The van der Waals surface area contributed by atoms with Gasteiger partial charge in [0.05, 0.1) is 6.10 Å². The van der Waals surface area contributed by atoms with Crippen molar-refractivity contribution in [2.24, 2.45) is 5.92 Å². The topological polar surface area (TPSA) is 61.4 Å². The van der Waals surface area contributed by atoms with Crippen LogP contribution in [0, 0.1) is 5.92 Å². The first-order chi connectivity index (χ1) is 9.75. The van der Waals surface area contributed by atoms with E-state index in [1.165, 1.54) is 0 Å². The number of carbonyl (C=O) groups is 1. The van der Waals surface area contributed by atoms with Crippen molar-refractivity contribution in [3.8, 4) is 0 Å². The number of rotatable bonds is 3. The zero-order valence-corrected chi connectivity index (χ0v) is 12.4. The minimum absolute atomic E-state index is 0. The maximum absolute atomic E-state index is 12.3. The van der Waals surface area contributed by atoms with Crippen molar-refractivity contribution in [2.75, 3.05) is 19.6 Å². The van der Waals surface area contributed by atoms with Crippen LogP contribution in [0.5, 0.6) is 0 Å². The molecule has 0 spiro atoms. The van der Waals surface area contributed by atoms with Crippen LogP contribution < -0.4 is 10.6 Å². The molecule has 0 saturated carbocycles. The third-order valence-corrected chi connectivity index (χ3v) is 3.86. The summed E-state index contributed by atoms with van der Waals surface area (Å²) in [5.74, 6) is 0.00910. The van der Waals surface area contributed by atoms with Crippen LogP contribution in [-0.2, 0) is 0 Å². The van der Waals surface area contributed by atoms with Crippen molar-refractivity contribution < 1.29 is 9.90 Å². The van der Waals surface area contributed by atoms with Crippen LogP contribution in [0.1, 0.15) is 10.4 Å². The predicted octanol–water partition coefficient (Wildman–Crippen LogP) is 1.57. The van der Waals surface area contributed by atoms with E-state index in [4.69, 9.17) is 0 Å². The van der Waals surface area contributed by atoms with Crippen LogP contribution >= 0.6 is 12.4 Å². The Morgan fingerprint density at radius 1 is 1.19 bits per heavy atom. The van der Waals surface area contributed by atoms with Crippen LogP contribution in [0.25, 0.3) is 10.8 Å². The molecule has 1 amide bonds. The number of nitrogens with one attached hydrogen (secondary N) is 2. The molecule has 2 aromatic rings. The van der Waals surface area contributed by atoms with E-state index in [0.717, 1.165) is 17.3 Å². The molecule has 3 N–H and O–H groups in total. The van der Waals surface area contributed by atoms with Crippen LogP contribution in [0.4, 0.5) is 0 Å². The first kappa shape index (κ1) is 15.8. The molecule has 0 aromatic heterocycles. The van der Waals surface area contributed by atoms with E-state index in [0.29, 0.717) is 18.7 Å². The van der Waals surface area contributed by atoms with E-state index >= 15 is 0 Å². The van der Waals surface area contributed by atoms with Crippen molar-refractivity contribution in [1.82, 2.24) is 10.6 Å². The van der Waals surface area contributed by atoms with Crippen LogP contribution in [-0.4, -0.2) is 36.8 Å². The van der Waals surface area contributed by atoms with Crippen molar-refractivity contribution in [1.29, 1.82) is 0 Å². The number of hydrogen-bond donors (Lipinski definition) is 3. The van der Waals surface area contributed by atoms with Crippen molar-refractivity contribution in [2.45, 2.75) is 6.10 Å². The van der Waals surface area contributed by atoms with E-state index in [2.05, 4.69) is 10.6 Å². The van der Waals surface area contributed by atoms with Gasteiger partial charge in [-0.1, -0.05) is 36.4 Å². The molecular formula is C16H19ClN2O2. The Morgan fingerprint density at radius 3 is 2.71 bits per heavy atom. The molecule has 21 heavy (non-hydrogen) atoms. The lowest BCUT2D eigenvalue weighted by Crippen LogP contribution is -2.34. The van der Waals surface area contributed by atoms with Gasteiger partial charge in [0.2, 0.25) is 0 Å². The predicted molar refractivity (Wildman–Crippen MR) is 85.9 cm³/mol. The molecule has 0 bridgehead atoms. The van der Waals surface area contributed by atoms with E-state index in [1.54, 1.807) is 0 Å². The second-order valence-corrected chi connectivity index (χ2v) is 5.22. The molecule has 1 heterocycles. The Hall–Kier alpha value is -1.62. The Kier molecular flexibility index (Phi) is 5.17. The lowest BCUT2D eigenvalue weighted by Gasteiger charge is -2.14. The van der Waals surface area contributed by atoms with Crippen LogP contribution in [0.15, 0.2) is 42.5 Å². The molecular weight excluding hydrogens is 288 g/mol. The molecule has 1 aliphatic heterocycles. The summed E-state index contributed by atoms with van der Waals surface area (Å²) < 4.78 is 0. The summed E-state index contributed by atoms with van der Waals surface area (Å²) in [5, 5.41) is 17.8. The van der Waals surface area contributed by atoms with Gasteiger partial charge in [-0.05, 0) is 16.8 Å². The third-order valence-electron chi connectivity index (χ3n) is 3.86. The number of carbonyl (C=O) groups excluding carboxylic acids is 1. The monoisotopic (exact) mass is 306 g/mol. The average molecular weight is 307 g/mol. The fourth-order valence-electron chi connectivity index (χ4n) is 2.67. The van der Waals surface area contributed by atoms with Gasteiger partial charge in [0.25, 0.3) is 5.91 Å². The summed E-state index contributed by atoms with van der Waals surface area (Å²) in [5.41, 5.74) is 0.684. The van der Waals surface area contributed by atoms with Crippen LogP contribution in [0.3, 0.4) is 0 Å². The first-order valence-electron chi connectivity index (χ1n) is 6.90. The van der Waals surface area contributed by atoms with E-state index in [-0.39, 0.29) is 30.3 Å². The normalized spacial score (nSPS) is 21.0. The molecule has 0 radical (unpaired) electrons. The summed E-state index contributed by atoms with van der Waals surface area (Å²) >= 11 is 0. The fourth-order valence-corrected chi connectivity index (χ4v) is 2.67. The van der Waals surface area contributed by atoms with Gasteiger partial charge in [0.1, 0.15) is 0 Å². The summed E-state index contributed by atoms with van der Waals surface area (Å²) in [6, 6.07) is 13.6. The minimum Gasteiger partial charge on any atom is -0.391 e. The summed E-state index contributed by atoms with van der Waals surface area (Å²) in [6.07, 6.45) is -0.372. The van der Waals surface area contributed by atoms with Crippen molar-refractivity contribution in [3.63, 3.8) is 0 Å². The number of halogens is 1. The molecule has 1 aliphatic rings. The lowest BCUT2D eigenvalue weighted by molar-refractivity contribution is 0.0928. The first-order valence-corrected chi connectivity index (χ1v) is 6.90. The number of benzene rings is 2. The largest absolute Gasteiger partial charge is 0.391 e. The molecule has 2 atom stereocenters. The zero-order valence-electron chi connectivity index (χ0n) is 11.6. The van der Waals surface area contributed by atoms with E-state index in [1.807, 2.05) is 42.5 Å². The van der Waals surface area contributed by atoms with Gasteiger partial charge in [0.15, 0.2) is 0 Å². The number of aliphatic hydroxyl groups excluding tert-OH is 1. The maximum atomic E-state index is 12.3. The molecule has 0 aliphatic carbocycles. The third kappa shape index (κ3) is 3.35. The second kappa shape index (κ2) is 6.89. The molecule has 1 fully saturated rings. The fraction of sp³-hybridized carbons (Fsp3) is 0.312. The number of β-amino-alcohol motifs (C(OH)–C–C–N with tert-alkyl or cyclic N) is 1. The van der Waals surface area contributed by atoms with Gasteiger partial charge in [-0.15, -0.1) is 12.4 Å². The zero-order chi connectivity index (χ0) is 13.9. The number of aliphatic hydroxyl groups is 1. The molecule has 2 unspecified atom stereocenters. The van der Waals surface area contributed by atoms with Gasteiger partial charge < -0.3 is 15.7 Å². The highest BCUT2D eigenvalue weighted by Gasteiger charge is 2.25. The van der Waals surface area contributed by atoms with Gasteiger partial charge in [-0.3, -0.25) is 4.79 Å².